The van der Waals surface area contributed by atoms with Crippen molar-refractivity contribution in [1.82, 2.24) is 0 Å². The van der Waals surface area contributed by atoms with Gasteiger partial charge in [0.15, 0.2) is 11.5 Å². The average Bonchev–Trinajstić information content (AvgIpc) is 2.52. The lowest BCUT2D eigenvalue weighted by atomic mass is 10.1. The lowest BCUT2D eigenvalue weighted by molar-refractivity contribution is -0.131. The molecule has 0 fully saturated rings. The van der Waals surface area contributed by atoms with Crippen LogP contribution in [0.4, 0.5) is 0 Å². The Morgan fingerprint density at radius 3 is 2.70 bits per heavy atom. The molecule has 0 aromatic heterocycles. The van der Waals surface area contributed by atoms with Crippen LogP contribution in [0.1, 0.15) is 11.1 Å². The molecule has 0 saturated heterocycles. The van der Waals surface area contributed by atoms with Crippen molar-refractivity contribution in [3.63, 3.8) is 0 Å². The third-order valence-corrected chi connectivity index (χ3v) is 3.61. The predicted molar refractivity (Wildman–Crippen MR) is 90.5 cm³/mol. The summed E-state index contributed by atoms with van der Waals surface area (Å²) >= 11 is 12.0. The molecule has 6 heteroatoms. The van der Waals surface area contributed by atoms with Crippen molar-refractivity contribution < 1.29 is 19.4 Å². The molecule has 2 aromatic carbocycles. The van der Waals surface area contributed by atoms with Crippen LogP contribution in [0, 0.1) is 0 Å². The van der Waals surface area contributed by atoms with Crippen LogP contribution < -0.4 is 9.47 Å². The number of rotatable bonds is 6. The first-order valence-corrected chi connectivity index (χ1v) is 7.41. The van der Waals surface area contributed by atoms with Crippen molar-refractivity contribution in [2.24, 2.45) is 0 Å². The fourth-order valence-electron chi connectivity index (χ4n) is 1.93. The number of hydrogen-bond acceptors (Lipinski definition) is 3. The van der Waals surface area contributed by atoms with E-state index in [0.717, 1.165) is 11.6 Å². The van der Waals surface area contributed by atoms with Gasteiger partial charge in [0.05, 0.1) is 7.11 Å². The van der Waals surface area contributed by atoms with E-state index in [-0.39, 0.29) is 6.61 Å². The summed E-state index contributed by atoms with van der Waals surface area (Å²) in [4.78, 5) is 10.7. The minimum absolute atomic E-state index is 0.199. The third kappa shape index (κ3) is 4.65. The molecule has 0 atom stereocenters. The molecule has 0 unspecified atom stereocenters. The van der Waals surface area contributed by atoms with Crippen LogP contribution in [0.5, 0.6) is 11.5 Å². The number of ether oxygens (including phenoxy) is 2. The van der Waals surface area contributed by atoms with E-state index in [1.54, 1.807) is 36.4 Å². The Labute approximate surface area is 143 Å². The molecule has 0 bridgehead atoms. The van der Waals surface area contributed by atoms with Gasteiger partial charge in [-0.3, -0.25) is 0 Å². The van der Waals surface area contributed by atoms with Crippen LogP contribution >= 0.6 is 23.2 Å². The van der Waals surface area contributed by atoms with Crippen molar-refractivity contribution >= 4 is 35.2 Å². The van der Waals surface area contributed by atoms with Crippen LogP contribution in [0.2, 0.25) is 10.0 Å². The summed E-state index contributed by atoms with van der Waals surface area (Å²) in [5, 5.41) is 9.81. The van der Waals surface area contributed by atoms with Crippen molar-refractivity contribution in [1.29, 1.82) is 0 Å². The van der Waals surface area contributed by atoms with Crippen molar-refractivity contribution in [2.75, 3.05) is 7.11 Å². The van der Waals surface area contributed by atoms with E-state index in [1.807, 2.05) is 0 Å². The highest BCUT2D eigenvalue weighted by Crippen LogP contribution is 2.33. The van der Waals surface area contributed by atoms with Crippen LogP contribution in [-0.2, 0) is 11.4 Å². The first-order valence-electron chi connectivity index (χ1n) is 6.66. The number of carbonyl (C=O) groups is 1. The van der Waals surface area contributed by atoms with E-state index >= 15 is 0 Å². The molecular weight excluding hydrogens is 339 g/mol. The van der Waals surface area contributed by atoms with Crippen molar-refractivity contribution in [3.05, 3.63) is 63.6 Å². The summed E-state index contributed by atoms with van der Waals surface area (Å²) in [6.07, 6.45) is 2.49. The number of halogens is 2. The minimum Gasteiger partial charge on any atom is -0.493 e. The Kier molecular flexibility index (Phi) is 5.90. The highest BCUT2D eigenvalue weighted by Gasteiger charge is 2.10. The standard InChI is InChI=1S/C17H14Cl2O4/c1-22-15-4-2-3-11(6-8-16(20)21)17(15)23-10-12-5-7-13(18)9-14(12)19/h2-9H,10H2,1H3,(H,20,21). The molecule has 0 heterocycles. The van der Waals surface area contributed by atoms with E-state index in [9.17, 15) is 4.79 Å². The number of methoxy groups -OCH3 is 1. The Hall–Kier alpha value is -2.17. The van der Waals surface area contributed by atoms with Gasteiger partial charge in [0.1, 0.15) is 6.61 Å². The second-order valence-electron chi connectivity index (χ2n) is 4.57. The number of carboxylic acid groups (broad SMARTS) is 1. The summed E-state index contributed by atoms with van der Waals surface area (Å²) in [5.41, 5.74) is 1.35. The van der Waals surface area contributed by atoms with Gasteiger partial charge in [0, 0.05) is 27.2 Å². The van der Waals surface area contributed by atoms with Crippen molar-refractivity contribution in [3.8, 4) is 11.5 Å². The minimum atomic E-state index is -1.04. The SMILES string of the molecule is COc1cccc(C=CC(=O)O)c1OCc1ccc(Cl)cc1Cl. The maximum atomic E-state index is 10.7. The van der Waals surface area contributed by atoms with Gasteiger partial charge in [0.2, 0.25) is 0 Å². The fraction of sp³-hybridized carbons (Fsp3) is 0.118. The lowest BCUT2D eigenvalue weighted by Gasteiger charge is -2.14. The molecule has 0 amide bonds. The zero-order valence-corrected chi connectivity index (χ0v) is 13.8. The van der Waals surface area contributed by atoms with Gasteiger partial charge in [-0.1, -0.05) is 41.4 Å². The Morgan fingerprint density at radius 1 is 1.26 bits per heavy atom. The molecular formula is C17H14Cl2O4. The van der Waals surface area contributed by atoms with E-state index in [1.165, 1.54) is 13.2 Å². The first-order chi connectivity index (χ1) is 11.0. The molecule has 0 aliphatic rings. The van der Waals surface area contributed by atoms with Crippen LogP contribution in [0.25, 0.3) is 6.08 Å². The van der Waals surface area contributed by atoms with Gasteiger partial charge in [-0.05, 0) is 24.3 Å². The summed E-state index contributed by atoms with van der Waals surface area (Å²) in [5.74, 6) is -0.0966. The molecule has 0 aliphatic carbocycles. The maximum absolute atomic E-state index is 10.7. The summed E-state index contributed by atoms with van der Waals surface area (Å²) < 4.78 is 11.1. The number of aliphatic carboxylic acids is 1. The second kappa shape index (κ2) is 7.90. The molecule has 0 spiro atoms. The van der Waals surface area contributed by atoms with Crippen molar-refractivity contribution in [2.45, 2.75) is 6.61 Å². The highest BCUT2D eigenvalue weighted by atomic mass is 35.5. The van der Waals surface area contributed by atoms with Gasteiger partial charge in [0.25, 0.3) is 0 Å². The van der Waals surface area contributed by atoms with Gasteiger partial charge in [-0.15, -0.1) is 0 Å². The third-order valence-electron chi connectivity index (χ3n) is 3.02. The largest absolute Gasteiger partial charge is 0.493 e. The Morgan fingerprint density at radius 2 is 2.04 bits per heavy atom. The smallest absolute Gasteiger partial charge is 0.328 e. The van der Waals surface area contributed by atoms with Gasteiger partial charge >= 0.3 is 5.97 Å². The first kappa shape index (κ1) is 17.2. The molecule has 23 heavy (non-hydrogen) atoms. The summed E-state index contributed by atoms with van der Waals surface area (Å²) in [7, 11) is 1.52. The maximum Gasteiger partial charge on any atom is 0.328 e. The fourth-order valence-corrected chi connectivity index (χ4v) is 2.39. The van der Waals surface area contributed by atoms with E-state index in [0.29, 0.717) is 27.1 Å². The Balaban J connectivity index is 2.28. The van der Waals surface area contributed by atoms with Gasteiger partial charge < -0.3 is 14.6 Å². The molecule has 2 rings (SSSR count). The van der Waals surface area contributed by atoms with E-state index < -0.39 is 5.97 Å². The molecule has 0 aliphatic heterocycles. The zero-order valence-electron chi connectivity index (χ0n) is 12.3. The summed E-state index contributed by atoms with van der Waals surface area (Å²) in [6.45, 7) is 0.199. The zero-order chi connectivity index (χ0) is 16.8. The molecule has 4 nitrogen and oxygen atoms in total. The summed E-state index contributed by atoms with van der Waals surface area (Å²) in [6, 6.07) is 10.3. The van der Waals surface area contributed by atoms with E-state index in [4.69, 9.17) is 37.8 Å². The molecule has 1 N–H and O–H groups in total. The topological polar surface area (TPSA) is 55.8 Å². The van der Waals surface area contributed by atoms with Crippen LogP contribution in [0.15, 0.2) is 42.5 Å². The molecule has 120 valence electrons. The monoisotopic (exact) mass is 352 g/mol. The van der Waals surface area contributed by atoms with Crippen LogP contribution in [0.3, 0.4) is 0 Å². The normalized spacial score (nSPS) is 10.7. The molecule has 0 radical (unpaired) electrons. The van der Waals surface area contributed by atoms with Gasteiger partial charge in [-0.25, -0.2) is 4.79 Å². The molecule has 0 saturated carbocycles. The van der Waals surface area contributed by atoms with Crippen LogP contribution in [-0.4, -0.2) is 18.2 Å². The van der Waals surface area contributed by atoms with Gasteiger partial charge in [-0.2, -0.15) is 0 Å². The quantitative estimate of drug-likeness (QED) is 0.767. The predicted octanol–water partition coefficient (Wildman–Crippen LogP) is 4.68. The Bertz CT molecular complexity index is 741. The number of hydrogen-bond donors (Lipinski definition) is 1. The average molecular weight is 353 g/mol. The van der Waals surface area contributed by atoms with E-state index in [2.05, 4.69) is 0 Å². The highest BCUT2D eigenvalue weighted by molar-refractivity contribution is 6.35. The number of benzene rings is 2. The second-order valence-corrected chi connectivity index (χ2v) is 5.42. The molecule has 2 aromatic rings. The lowest BCUT2D eigenvalue weighted by Crippen LogP contribution is -2.00. The number of carboxylic acids is 1. The number of para-hydroxylation sites is 1.